The number of hydrogen-bond donors (Lipinski definition) is 0. The number of Topliss-reactive ketones (excluding diaryl/α,β-unsaturated/α-hetero) is 2. The monoisotopic (exact) mass is 348 g/mol. The predicted octanol–water partition coefficient (Wildman–Crippen LogP) is 5.22. The van der Waals surface area contributed by atoms with Crippen molar-refractivity contribution in [2.24, 2.45) is 11.8 Å². The molecule has 0 fully saturated rings. The van der Waals surface area contributed by atoms with E-state index in [0.717, 1.165) is 25.7 Å². The normalized spacial score (nSPS) is 12.4. The van der Waals surface area contributed by atoms with Crippen molar-refractivity contribution in [3.63, 3.8) is 0 Å². The van der Waals surface area contributed by atoms with Gasteiger partial charge in [-0.25, -0.2) is 0 Å². The Balaban J connectivity index is 2.02. The van der Waals surface area contributed by atoms with Gasteiger partial charge >= 0.3 is 0 Å². The zero-order chi connectivity index (χ0) is 18.8. The molecule has 0 aliphatic heterocycles. The summed E-state index contributed by atoms with van der Waals surface area (Å²) in [6.07, 6.45) is 7.75. The third-order valence-corrected chi connectivity index (χ3v) is 4.74. The second-order valence-electron chi connectivity index (χ2n) is 6.84. The minimum atomic E-state index is -0.535. The van der Waals surface area contributed by atoms with Crippen molar-refractivity contribution in [2.75, 3.05) is 0 Å². The van der Waals surface area contributed by atoms with Crippen molar-refractivity contribution >= 4 is 11.6 Å². The van der Waals surface area contributed by atoms with Gasteiger partial charge in [-0.05, 0) is 56.6 Å². The van der Waals surface area contributed by atoms with E-state index in [1.54, 1.807) is 0 Å². The topological polar surface area (TPSA) is 34.1 Å². The van der Waals surface area contributed by atoms with Crippen molar-refractivity contribution in [3.05, 3.63) is 83.9 Å². The molecule has 0 saturated heterocycles. The molecule has 0 heterocycles. The van der Waals surface area contributed by atoms with E-state index in [1.165, 1.54) is 25.0 Å². The van der Waals surface area contributed by atoms with Gasteiger partial charge in [0.1, 0.15) is 11.6 Å². The van der Waals surface area contributed by atoms with Crippen LogP contribution in [0.2, 0.25) is 0 Å². The van der Waals surface area contributed by atoms with E-state index in [0.29, 0.717) is 0 Å². The Kier molecular flexibility index (Phi) is 8.01. The van der Waals surface area contributed by atoms with Gasteiger partial charge in [-0.2, -0.15) is 0 Å². The number of rotatable bonds is 10. The first-order chi connectivity index (χ1) is 12.6. The number of hydrogen-bond acceptors (Lipinski definition) is 2. The Morgan fingerprint density at radius 2 is 1.31 bits per heavy atom. The second kappa shape index (κ2) is 10.5. The molecule has 0 unspecified atom stereocenters. The molecule has 136 valence electrons. The van der Waals surface area contributed by atoms with Crippen LogP contribution in [0.15, 0.2) is 72.8 Å². The van der Waals surface area contributed by atoms with Crippen LogP contribution in [0, 0.1) is 11.8 Å². The minimum absolute atomic E-state index is 0.0386. The van der Waals surface area contributed by atoms with Crippen molar-refractivity contribution in [3.8, 4) is 0 Å². The lowest BCUT2D eigenvalue weighted by Crippen LogP contribution is -2.27. The fourth-order valence-electron chi connectivity index (χ4n) is 3.41. The van der Waals surface area contributed by atoms with E-state index in [9.17, 15) is 9.59 Å². The number of allylic oxidation sites excluding steroid dienone is 2. The van der Waals surface area contributed by atoms with Crippen LogP contribution in [0.3, 0.4) is 0 Å². The van der Waals surface area contributed by atoms with Crippen molar-refractivity contribution < 1.29 is 9.59 Å². The zero-order valence-corrected chi connectivity index (χ0v) is 15.7. The predicted molar refractivity (Wildman–Crippen MR) is 107 cm³/mol. The molecule has 0 saturated carbocycles. The molecule has 2 aromatic rings. The van der Waals surface area contributed by atoms with E-state index >= 15 is 0 Å². The number of carbonyl (C=O) groups excluding carboxylic acids is 2. The summed E-state index contributed by atoms with van der Waals surface area (Å²) in [5.41, 5.74) is 2.54. The van der Waals surface area contributed by atoms with Crippen molar-refractivity contribution in [1.82, 2.24) is 0 Å². The molecule has 0 amide bonds. The smallest absolute Gasteiger partial charge is 0.140 e. The van der Waals surface area contributed by atoms with Gasteiger partial charge in [0, 0.05) is 0 Å². The summed E-state index contributed by atoms with van der Waals surface area (Å²) in [6, 6.07) is 20.6. The van der Waals surface area contributed by atoms with Crippen LogP contribution in [-0.4, -0.2) is 11.6 Å². The molecule has 2 rings (SSSR count). The Hall–Kier alpha value is -2.48. The summed E-state index contributed by atoms with van der Waals surface area (Å²) in [4.78, 5) is 24.1. The molecule has 26 heavy (non-hydrogen) atoms. The quantitative estimate of drug-likeness (QED) is 0.436. The Labute approximate surface area is 157 Å². The first-order valence-corrected chi connectivity index (χ1v) is 9.33. The number of benzene rings is 2. The molecule has 2 nitrogen and oxygen atoms in total. The zero-order valence-electron chi connectivity index (χ0n) is 15.7. The fraction of sp³-hybridized carbons (Fsp3) is 0.333. The highest BCUT2D eigenvalue weighted by Crippen LogP contribution is 2.23. The van der Waals surface area contributed by atoms with Gasteiger partial charge in [-0.3, -0.25) is 9.59 Å². The second-order valence-corrected chi connectivity index (χ2v) is 6.84. The van der Waals surface area contributed by atoms with Crippen LogP contribution in [-0.2, 0) is 22.4 Å². The van der Waals surface area contributed by atoms with Gasteiger partial charge in [0.25, 0.3) is 0 Å². The Bertz CT molecular complexity index is 702. The average molecular weight is 348 g/mol. The summed E-state index contributed by atoms with van der Waals surface area (Å²) in [6.45, 7) is 3.05. The number of carbonyl (C=O) groups is 2. The average Bonchev–Trinajstić information content (AvgIpc) is 2.64. The van der Waals surface area contributed by atoms with Crippen molar-refractivity contribution in [1.29, 1.82) is 0 Å². The van der Waals surface area contributed by atoms with Crippen LogP contribution >= 0.6 is 0 Å². The molecule has 0 aliphatic rings. The lowest BCUT2D eigenvalue weighted by atomic mass is 9.82. The highest BCUT2D eigenvalue weighted by atomic mass is 16.1. The van der Waals surface area contributed by atoms with Crippen LogP contribution in [0.5, 0.6) is 0 Å². The molecule has 0 N–H and O–H groups in total. The van der Waals surface area contributed by atoms with Gasteiger partial charge < -0.3 is 0 Å². The molecular formula is C24H28O2. The van der Waals surface area contributed by atoms with Crippen LogP contribution in [0.1, 0.15) is 37.8 Å². The molecular weight excluding hydrogens is 320 g/mol. The SMILES string of the molecule is CC(=O)C(C(C)=O)[C@H](/C=C\CCc1ccccc1)CCc1ccccc1. The van der Waals surface area contributed by atoms with Crippen LogP contribution in [0.4, 0.5) is 0 Å². The summed E-state index contributed by atoms with van der Waals surface area (Å²) in [7, 11) is 0. The third kappa shape index (κ3) is 6.44. The van der Waals surface area contributed by atoms with E-state index < -0.39 is 5.92 Å². The molecule has 1 atom stereocenters. The highest BCUT2D eigenvalue weighted by molar-refractivity contribution is 6.00. The summed E-state index contributed by atoms with van der Waals surface area (Å²) in [5, 5.41) is 0. The van der Waals surface area contributed by atoms with E-state index in [-0.39, 0.29) is 17.5 Å². The fourth-order valence-corrected chi connectivity index (χ4v) is 3.41. The largest absolute Gasteiger partial charge is 0.299 e. The Morgan fingerprint density at radius 3 is 1.81 bits per heavy atom. The lowest BCUT2D eigenvalue weighted by Gasteiger charge is -2.20. The number of aryl methyl sites for hydroxylation is 2. The Morgan fingerprint density at radius 1 is 0.808 bits per heavy atom. The van der Waals surface area contributed by atoms with Crippen LogP contribution < -0.4 is 0 Å². The minimum Gasteiger partial charge on any atom is -0.299 e. The summed E-state index contributed by atoms with van der Waals surface area (Å²) < 4.78 is 0. The maximum absolute atomic E-state index is 12.0. The molecule has 0 aliphatic carbocycles. The first kappa shape index (κ1) is 19.8. The van der Waals surface area contributed by atoms with Gasteiger partial charge in [0.15, 0.2) is 0 Å². The molecule has 0 spiro atoms. The maximum Gasteiger partial charge on any atom is 0.140 e. The maximum atomic E-state index is 12.0. The highest BCUT2D eigenvalue weighted by Gasteiger charge is 2.27. The molecule has 0 aromatic heterocycles. The standard InChI is InChI=1S/C24H28O2/c1-19(25)24(20(2)26)23(18-17-22-13-7-4-8-14-22)16-10-9-15-21-11-5-3-6-12-21/h3-8,10-14,16,23-24H,9,15,17-18H2,1-2H3/b16-10-/t23-/m1/s1. The molecule has 2 aromatic carbocycles. The van der Waals surface area contributed by atoms with Crippen molar-refractivity contribution in [2.45, 2.75) is 39.5 Å². The van der Waals surface area contributed by atoms with E-state index in [1.807, 2.05) is 36.4 Å². The lowest BCUT2D eigenvalue weighted by molar-refractivity contribution is -0.131. The van der Waals surface area contributed by atoms with E-state index in [2.05, 4.69) is 36.4 Å². The first-order valence-electron chi connectivity index (χ1n) is 9.33. The van der Waals surface area contributed by atoms with E-state index in [4.69, 9.17) is 0 Å². The van der Waals surface area contributed by atoms with Gasteiger partial charge in [-0.15, -0.1) is 0 Å². The number of ketones is 2. The van der Waals surface area contributed by atoms with Crippen LogP contribution in [0.25, 0.3) is 0 Å². The van der Waals surface area contributed by atoms with Gasteiger partial charge in [-0.1, -0.05) is 72.8 Å². The molecule has 0 bridgehead atoms. The summed E-state index contributed by atoms with van der Waals surface area (Å²) in [5.74, 6) is -0.654. The molecule has 2 heteroatoms. The molecule has 0 radical (unpaired) electrons. The van der Waals surface area contributed by atoms with Gasteiger partial charge in [0.05, 0.1) is 5.92 Å². The summed E-state index contributed by atoms with van der Waals surface area (Å²) >= 11 is 0. The third-order valence-electron chi connectivity index (χ3n) is 4.74. The van der Waals surface area contributed by atoms with Gasteiger partial charge in [0.2, 0.25) is 0 Å².